The van der Waals surface area contributed by atoms with Crippen LogP contribution < -0.4 is 5.32 Å². The number of thiazole rings is 1. The second-order valence-electron chi connectivity index (χ2n) is 8.75. The van der Waals surface area contributed by atoms with Gasteiger partial charge in [0.25, 0.3) is 11.8 Å². The predicted molar refractivity (Wildman–Crippen MR) is 133 cm³/mol. The quantitative estimate of drug-likeness (QED) is 0.421. The van der Waals surface area contributed by atoms with Gasteiger partial charge in [0.2, 0.25) is 0 Å². The highest BCUT2D eigenvalue weighted by Crippen LogP contribution is 2.31. The molecule has 0 saturated carbocycles. The fourth-order valence-corrected chi connectivity index (χ4v) is 5.40. The van der Waals surface area contributed by atoms with Crippen LogP contribution in [0.5, 0.6) is 0 Å². The second kappa shape index (κ2) is 9.90. The summed E-state index contributed by atoms with van der Waals surface area (Å²) in [6, 6.07) is 6.15. The van der Waals surface area contributed by atoms with Crippen LogP contribution in [-0.2, 0) is 6.54 Å². The third-order valence-corrected chi connectivity index (χ3v) is 7.51. The van der Waals surface area contributed by atoms with E-state index in [-0.39, 0.29) is 24.3 Å². The first-order valence-corrected chi connectivity index (χ1v) is 12.7. The Morgan fingerprint density at radius 2 is 1.97 bits per heavy atom. The number of hydrogen-bond acceptors (Lipinski definition) is 7. The van der Waals surface area contributed by atoms with Gasteiger partial charge in [0.1, 0.15) is 11.5 Å². The van der Waals surface area contributed by atoms with E-state index in [0.717, 1.165) is 23.5 Å². The molecule has 1 aliphatic rings. The Balaban J connectivity index is 1.19. The van der Waals surface area contributed by atoms with Crippen molar-refractivity contribution in [3.05, 3.63) is 73.8 Å². The summed E-state index contributed by atoms with van der Waals surface area (Å²) in [6.45, 7) is 4.84. The van der Waals surface area contributed by atoms with E-state index in [0.29, 0.717) is 46.4 Å². The number of benzene rings is 1. The number of aryl methyl sites for hydroxylation is 2. The van der Waals surface area contributed by atoms with Crippen LogP contribution in [0.3, 0.4) is 0 Å². The first-order chi connectivity index (χ1) is 17.3. The van der Waals surface area contributed by atoms with Crippen LogP contribution in [0.4, 0.5) is 4.39 Å². The summed E-state index contributed by atoms with van der Waals surface area (Å²) in [5.74, 6) is -0.846. The smallest absolute Gasteiger partial charge is 0.276 e. The summed E-state index contributed by atoms with van der Waals surface area (Å²) < 4.78 is 15.6. The van der Waals surface area contributed by atoms with Crippen LogP contribution in [0.25, 0.3) is 5.65 Å². The first kappa shape index (κ1) is 24.3. The van der Waals surface area contributed by atoms with E-state index in [9.17, 15) is 14.0 Å². The van der Waals surface area contributed by atoms with Crippen molar-refractivity contribution in [1.29, 1.82) is 0 Å². The number of carbonyl (C=O) groups is 2. The van der Waals surface area contributed by atoms with E-state index in [1.165, 1.54) is 17.4 Å². The van der Waals surface area contributed by atoms with Crippen molar-refractivity contribution in [3.8, 4) is 0 Å². The average molecular weight is 528 g/mol. The lowest BCUT2D eigenvalue weighted by Crippen LogP contribution is -2.39. The van der Waals surface area contributed by atoms with Crippen molar-refractivity contribution >= 4 is 40.4 Å². The van der Waals surface area contributed by atoms with Crippen LogP contribution in [0.1, 0.15) is 61.7 Å². The maximum atomic E-state index is 14.0. The molecule has 0 bridgehead atoms. The molecule has 0 atom stereocenters. The molecule has 2 amide bonds. The van der Waals surface area contributed by atoms with Gasteiger partial charge in [-0.2, -0.15) is 5.10 Å². The lowest BCUT2D eigenvalue weighted by molar-refractivity contribution is 0.0704. The third kappa shape index (κ3) is 4.80. The Hall–Kier alpha value is -3.44. The molecular weight excluding hydrogens is 505 g/mol. The largest absolute Gasteiger partial charge is 0.346 e. The number of hydrogen-bond donors (Lipinski definition) is 1. The molecule has 0 radical (unpaired) electrons. The molecule has 36 heavy (non-hydrogen) atoms. The van der Waals surface area contributed by atoms with Gasteiger partial charge < -0.3 is 10.2 Å². The van der Waals surface area contributed by atoms with Gasteiger partial charge in [-0.15, -0.1) is 21.5 Å². The highest BCUT2D eigenvalue weighted by atomic mass is 35.5. The van der Waals surface area contributed by atoms with Gasteiger partial charge >= 0.3 is 0 Å². The summed E-state index contributed by atoms with van der Waals surface area (Å²) in [6.07, 6.45) is 1.46. The summed E-state index contributed by atoms with van der Waals surface area (Å²) in [4.78, 5) is 31.9. The second-order valence-corrected chi connectivity index (χ2v) is 10.1. The van der Waals surface area contributed by atoms with Crippen LogP contribution >= 0.6 is 22.9 Å². The number of fused-ring (bicyclic) bond motifs is 1. The number of nitrogens with one attached hydrogen (secondary N) is 1. The molecule has 9 nitrogen and oxygen atoms in total. The maximum Gasteiger partial charge on any atom is 0.276 e. The molecule has 1 saturated heterocycles. The number of halogens is 2. The third-order valence-electron chi connectivity index (χ3n) is 6.27. The lowest BCUT2D eigenvalue weighted by Gasteiger charge is -2.31. The van der Waals surface area contributed by atoms with Crippen molar-refractivity contribution in [2.24, 2.45) is 0 Å². The summed E-state index contributed by atoms with van der Waals surface area (Å²) in [5, 5.41) is 18.2. The Morgan fingerprint density at radius 3 is 2.72 bits per heavy atom. The SMILES string of the molecule is Cc1cc2nnc(C(=O)N3CCC(c4nc(C(=O)NCc5ccc(Cl)cc5F)cs4)CC3)c(C)n2n1. The molecule has 1 N–H and O–H groups in total. The molecule has 0 spiro atoms. The van der Waals surface area contributed by atoms with Gasteiger partial charge in [0.15, 0.2) is 11.3 Å². The van der Waals surface area contributed by atoms with Crippen molar-refractivity contribution < 1.29 is 14.0 Å². The zero-order valence-electron chi connectivity index (χ0n) is 19.7. The summed E-state index contributed by atoms with van der Waals surface area (Å²) in [7, 11) is 0. The zero-order chi connectivity index (χ0) is 25.4. The number of likely N-dealkylation sites (tertiary alicyclic amines) is 1. The normalized spacial score (nSPS) is 14.4. The minimum Gasteiger partial charge on any atom is -0.346 e. The minimum absolute atomic E-state index is 0.0431. The molecule has 186 valence electrons. The van der Waals surface area contributed by atoms with Crippen molar-refractivity contribution in [2.45, 2.75) is 39.2 Å². The van der Waals surface area contributed by atoms with E-state index in [2.05, 4.69) is 25.6 Å². The van der Waals surface area contributed by atoms with Crippen LogP contribution in [0.2, 0.25) is 5.02 Å². The highest BCUT2D eigenvalue weighted by Gasteiger charge is 2.29. The van der Waals surface area contributed by atoms with Gasteiger partial charge in [0.05, 0.1) is 16.4 Å². The Morgan fingerprint density at radius 1 is 1.19 bits per heavy atom. The fraction of sp³-hybridized carbons (Fsp3) is 0.333. The van der Waals surface area contributed by atoms with E-state index < -0.39 is 5.82 Å². The first-order valence-electron chi connectivity index (χ1n) is 11.5. The van der Waals surface area contributed by atoms with E-state index in [1.807, 2.05) is 19.9 Å². The topological polar surface area (TPSA) is 105 Å². The predicted octanol–water partition coefficient (Wildman–Crippen LogP) is 3.94. The van der Waals surface area contributed by atoms with Gasteiger partial charge in [0, 0.05) is 47.6 Å². The minimum atomic E-state index is -0.469. The van der Waals surface area contributed by atoms with Gasteiger partial charge in [-0.25, -0.2) is 13.9 Å². The van der Waals surface area contributed by atoms with E-state index in [1.54, 1.807) is 26.9 Å². The summed E-state index contributed by atoms with van der Waals surface area (Å²) >= 11 is 7.19. The fourth-order valence-electron chi connectivity index (χ4n) is 4.27. The highest BCUT2D eigenvalue weighted by molar-refractivity contribution is 7.09. The molecule has 1 fully saturated rings. The molecule has 0 aliphatic carbocycles. The number of piperidine rings is 1. The van der Waals surface area contributed by atoms with Crippen LogP contribution in [0, 0.1) is 19.7 Å². The number of aromatic nitrogens is 5. The van der Waals surface area contributed by atoms with E-state index in [4.69, 9.17) is 11.6 Å². The number of carbonyl (C=O) groups excluding carboxylic acids is 2. The van der Waals surface area contributed by atoms with Gasteiger partial charge in [-0.3, -0.25) is 9.59 Å². The zero-order valence-corrected chi connectivity index (χ0v) is 21.2. The number of rotatable bonds is 5. The molecule has 4 aromatic rings. The Bertz CT molecular complexity index is 1460. The van der Waals surface area contributed by atoms with Crippen LogP contribution in [0.15, 0.2) is 29.6 Å². The summed E-state index contributed by atoms with van der Waals surface area (Å²) in [5.41, 5.74) is 3.04. The number of nitrogens with zero attached hydrogens (tertiary/aromatic N) is 6. The molecule has 3 aromatic heterocycles. The van der Waals surface area contributed by atoms with Crippen molar-refractivity contribution in [2.75, 3.05) is 13.1 Å². The number of amides is 2. The monoisotopic (exact) mass is 527 g/mol. The van der Waals surface area contributed by atoms with Gasteiger partial charge in [-0.05, 0) is 38.8 Å². The average Bonchev–Trinajstić information content (AvgIpc) is 3.50. The molecule has 5 rings (SSSR count). The molecule has 12 heteroatoms. The molecule has 4 heterocycles. The molecule has 1 aromatic carbocycles. The maximum absolute atomic E-state index is 14.0. The molecule has 0 unspecified atom stereocenters. The van der Waals surface area contributed by atoms with E-state index >= 15 is 0 Å². The lowest BCUT2D eigenvalue weighted by atomic mass is 9.97. The molecule has 1 aliphatic heterocycles. The van der Waals surface area contributed by atoms with Crippen LogP contribution in [-0.4, -0.2) is 54.6 Å². The van der Waals surface area contributed by atoms with Crippen molar-refractivity contribution in [1.82, 2.24) is 35.0 Å². The Kier molecular flexibility index (Phi) is 6.67. The van der Waals surface area contributed by atoms with Crippen molar-refractivity contribution in [3.63, 3.8) is 0 Å². The Labute approximate surface area is 215 Å². The molecular formula is C24H23ClFN7O2S. The van der Waals surface area contributed by atoms with Gasteiger partial charge in [-0.1, -0.05) is 17.7 Å². The standard InChI is InChI=1S/C24H23ClFN7O2S/c1-13-9-20-29-30-21(14(2)33(20)31-13)24(35)32-7-5-15(6-8-32)23-28-19(12-36-23)22(34)27-11-16-3-4-17(25)10-18(16)26/h3-4,9-10,12,15H,5-8,11H2,1-2H3,(H,27,34).